The van der Waals surface area contributed by atoms with Crippen LogP contribution in [0.5, 0.6) is 0 Å². The summed E-state index contributed by atoms with van der Waals surface area (Å²) in [5.41, 5.74) is 7.20. The molecule has 1 aromatic rings. The molecule has 3 nitrogen and oxygen atoms in total. The number of benzene rings is 1. The van der Waals surface area contributed by atoms with Gasteiger partial charge in [-0.15, -0.1) is 0 Å². The fourth-order valence-corrected chi connectivity index (χ4v) is 3.04. The van der Waals surface area contributed by atoms with E-state index in [1.54, 1.807) is 12.1 Å². The van der Waals surface area contributed by atoms with E-state index in [2.05, 4.69) is 48.9 Å². The number of amides is 1. The average Bonchev–Trinajstić information content (AvgIpc) is 2.63. The molecule has 0 heterocycles. The number of nitrogens with one attached hydrogen (secondary N) is 1. The zero-order valence-corrected chi connectivity index (χ0v) is 12.8. The van der Waals surface area contributed by atoms with Gasteiger partial charge in [-0.3, -0.25) is 4.79 Å². The third-order valence-electron chi connectivity index (χ3n) is 4.53. The van der Waals surface area contributed by atoms with E-state index in [1.165, 1.54) is 0 Å². The summed E-state index contributed by atoms with van der Waals surface area (Å²) in [5.74, 6) is 0.106. The number of halogens is 1. The maximum absolute atomic E-state index is 12.3. The zero-order valence-electron chi connectivity index (χ0n) is 11.2. The molecule has 0 aromatic heterocycles. The molecule has 1 amide bonds. The van der Waals surface area contributed by atoms with E-state index < -0.39 is 0 Å². The van der Waals surface area contributed by atoms with Crippen LogP contribution in [0.25, 0.3) is 0 Å². The van der Waals surface area contributed by atoms with Crippen LogP contribution in [0.1, 0.15) is 27.7 Å². The second-order valence-electron chi connectivity index (χ2n) is 6.10. The minimum absolute atomic E-state index is 0.0401. The van der Waals surface area contributed by atoms with Crippen LogP contribution in [-0.2, 0) is 4.79 Å². The van der Waals surface area contributed by atoms with Gasteiger partial charge in [0, 0.05) is 16.1 Å². The largest absolute Gasteiger partial charge is 0.399 e. The number of rotatable bonds is 2. The quantitative estimate of drug-likeness (QED) is 0.819. The first-order valence-electron chi connectivity index (χ1n) is 6.04. The van der Waals surface area contributed by atoms with Crippen LogP contribution in [0.3, 0.4) is 0 Å². The van der Waals surface area contributed by atoms with Crippen molar-refractivity contribution in [3.8, 4) is 0 Å². The minimum Gasteiger partial charge on any atom is -0.399 e. The molecule has 1 saturated carbocycles. The van der Waals surface area contributed by atoms with Crippen molar-refractivity contribution < 1.29 is 4.79 Å². The van der Waals surface area contributed by atoms with Gasteiger partial charge in [0.25, 0.3) is 0 Å². The minimum atomic E-state index is 0.0401. The molecule has 0 aliphatic heterocycles. The number of anilines is 2. The van der Waals surface area contributed by atoms with Gasteiger partial charge >= 0.3 is 0 Å². The van der Waals surface area contributed by atoms with Gasteiger partial charge in [0.15, 0.2) is 0 Å². The molecule has 0 spiro atoms. The van der Waals surface area contributed by atoms with Gasteiger partial charge in [-0.2, -0.15) is 0 Å². The average molecular weight is 311 g/mol. The molecular weight excluding hydrogens is 292 g/mol. The Balaban J connectivity index is 2.17. The summed E-state index contributed by atoms with van der Waals surface area (Å²) in [7, 11) is 0. The molecule has 1 fully saturated rings. The van der Waals surface area contributed by atoms with E-state index in [0.717, 1.165) is 10.2 Å². The predicted molar refractivity (Wildman–Crippen MR) is 78.2 cm³/mol. The molecule has 0 bridgehead atoms. The Morgan fingerprint density at radius 3 is 2.33 bits per heavy atom. The Kier molecular flexibility index (Phi) is 2.97. The monoisotopic (exact) mass is 310 g/mol. The Morgan fingerprint density at radius 1 is 1.28 bits per heavy atom. The molecule has 3 N–H and O–H groups in total. The lowest BCUT2D eigenvalue weighted by molar-refractivity contribution is -0.118. The number of carbonyl (C=O) groups is 1. The highest BCUT2D eigenvalue weighted by Crippen LogP contribution is 2.68. The maximum atomic E-state index is 12.3. The third-order valence-corrected chi connectivity index (χ3v) is 5.22. The number of nitrogens with two attached hydrogens (primary N) is 1. The molecule has 4 heteroatoms. The highest BCUT2D eigenvalue weighted by molar-refractivity contribution is 9.10. The fourth-order valence-electron chi connectivity index (χ4n) is 2.70. The van der Waals surface area contributed by atoms with Crippen molar-refractivity contribution in [2.45, 2.75) is 27.7 Å². The summed E-state index contributed by atoms with van der Waals surface area (Å²) in [6, 6.07) is 5.41. The summed E-state index contributed by atoms with van der Waals surface area (Å²) < 4.78 is 0.848. The predicted octanol–water partition coefficient (Wildman–Crippen LogP) is 3.65. The highest BCUT2D eigenvalue weighted by atomic mass is 79.9. The molecule has 0 radical (unpaired) electrons. The Labute approximate surface area is 116 Å². The molecule has 0 saturated heterocycles. The van der Waals surface area contributed by atoms with E-state index >= 15 is 0 Å². The summed E-state index contributed by atoms with van der Waals surface area (Å²) in [6.07, 6.45) is 0. The summed E-state index contributed by atoms with van der Waals surface area (Å²) in [4.78, 5) is 12.3. The first kappa shape index (κ1) is 13.4. The van der Waals surface area contributed by atoms with Crippen LogP contribution in [0.4, 0.5) is 11.4 Å². The molecule has 2 rings (SSSR count). The van der Waals surface area contributed by atoms with Gasteiger partial charge in [0.05, 0.1) is 5.69 Å². The van der Waals surface area contributed by atoms with Crippen molar-refractivity contribution in [2.75, 3.05) is 11.1 Å². The Morgan fingerprint density at radius 2 is 1.83 bits per heavy atom. The molecule has 0 atom stereocenters. The van der Waals surface area contributed by atoms with Crippen LogP contribution < -0.4 is 11.1 Å². The normalized spacial score (nSPS) is 20.5. The second kappa shape index (κ2) is 3.98. The number of hydrogen-bond donors (Lipinski definition) is 2. The van der Waals surface area contributed by atoms with E-state index in [0.29, 0.717) is 5.69 Å². The molecule has 1 aromatic carbocycles. The van der Waals surface area contributed by atoms with Crippen molar-refractivity contribution in [1.82, 2.24) is 0 Å². The van der Waals surface area contributed by atoms with E-state index in [1.807, 2.05) is 6.07 Å². The topological polar surface area (TPSA) is 55.1 Å². The van der Waals surface area contributed by atoms with Crippen LogP contribution in [-0.4, -0.2) is 5.91 Å². The zero-order chi connectivity index (χ0) is 13.7. The lowest BCUT2D eigenvalue weighted by Crippen LogP contribution is -2.18. The lowest BCUT2D eigenvalue weighted by atomic mass is 10.0. The van der Waals surface area contributed by atoms with Crippen molar-refractivity contribution in [1.29, 1.82) is 0 Å². The molecule has 1 aliphatic rings. The van der Waals surface area contributed by atoms with Crippen LogP contribution >= 0.6 is 15.9 Å². The van der Waals surface area contributed by atoms with Gasteiger partial charge in [-0.1, -0.05) is 27.7 Å². The smallest absolute Gasteiger partial charge is 0.228 e. The van der Waals surface area contributed by atoms with Crippen molar-refractivity contribution >= 4 is 33.2 Å². The number of hydrogen-bond acceptors (Lipinski definition) is 2. The summed E-state index contributed by atoms with van der Waals surface area (Å²) in [6.45, 7) is 8.52. The number of carbonyl (C=O) groups excluding carboxylic acids is 1. The molecule has 18 heavy (non-hydrogen) atoms. The molecule has 98 valence electrons. The van der Waals surface area contributed by atoms with Crippen molar-refractivity contribution in [2.24, 2.45) is 16.7 Å². The molecular formula is C14H19BrN2O. The first-order valence-corrected chi connectivity index (χ1v) is 6.83. The second-order valence-corrected chi connectivity index (χ2v) is 6.96. The van der Waals surface area contributed by atoms with E-state index in [9.17, 15) is 4.79 Å². The van der Waals surface area contributed by atoms with Gasteiger partial charge in [0.1, 0.15) is 0 Å². The standard InChI is InChI=1S/C14H19BrN2O/c1-13(2)11(14(13,3)4)12(18)17-10-7-8(16)5-6-9(10)15/h5-7,11H,16H2,1-4H3,(H,17,18). The lowest BCUT2D eigenvalue weighted by Gasteiger charge is -2.09. The molecule has 1 aliphatic carbocycles. The van der Waals surface area contributed by atoms with Crippen molar-refractivity contribution in [3.05, 3.63) is 22.7 Å². The fraction of sp³-hybridized carbons (Fsp3) is 0.500. The van der Waals surface area contributed by atoms with Crippen LogP contribution in [0.2, 0.25) is 0 Å². The van der Waals surface area contributed by atoms with E-state index in [4.69, 9.17) is 5.73 Å². The Hall–Kier alpha value is -1.03. The van der Waals surface area contributed by atoms with Crippen LogP contribution in [0, 0.1) is 16.7 Å². The highest BCUT2D eigenvalue weighted by Gasteiger charge is 2.68. The van der Waals surface area contributed by atoms with Gasteiger partial charge < -0.3 is 11.1 Å². The van der Waals surface area contributed by atoms with Gasteiger partial charge in [0.2, 0.25) is 5.91 Å². The SMILES string of the molecule is CC1(C)C(C(=O)Nc2cc(N)ccc2Br)C1(C)C. The van der Waals surface area contributed by atoms with Crippen molar-refractivity contribution in [3.63, 3.8) is 0 Å². The summed E-state index contributed by atoms with van der Waals surface area (Å²) >= 11 is 3.42. The Bertz CT molecular complexity index is 495. The van der Waals surface area contributed by atoms with Crippen LogP contribution in [0.15, 0.2) is 22.7 Å². The number of nitrogen functional groups attached to an aromatic ring is 1. The first-order chi connectivity index (χ1) is 8.18. The maximum Gasteiger partial charge on any atom is 0.228 e. The third kappa shape index (κ3) is 1.92. The summed E-state index contributed by atoms with van der Waals surface area (Å²) in [5, 5.41) is 2.96. The molecule has 0 unspecified atom stereocenters. The van der Waals surface area contributed by atoms with Gasteiger partial charge in [-0.05, 0) is 45.0 Å². The van der Waals surface area contributed by atoms with Gasteiger partial charge in [-0.25, -0.2) is 0 Å². The van der Waals surface area contributed by atoms with E-state index in [-0.39, 0.29) is 22.7 Å².